The third kappa shape index (κ3) is 3.56. The van der Waals surface area contributed by atoms with E-state index in [9.17, 15) is 0 Å². The number of likely N-dealkylation sites (tertiary alicyclic amines) is 1. The topological polar surface area (TPSA) is 15.3 Å². The maximum Gasteiger partial charge on any atom is 0.0237 e. The molecule has 1 aliphatic heterocycles. The van der Waals surface area contributed by atoms with Gasteiger partial charge >= 0.3 is 0 Å². The number of hydrogen-bond acceptors (Lipinski definition) is 2. The third-order valence-electron chi connectivity index (χ3n) is 4.01. The molecule has 18 heavy (non-hydrogen) atoms. The van der Waals surface area contributed by atoms with Crippen LogP contribution in [0, 0.1) is 0 Å². The summed E-state index contributed by atoms with van der Waals surface area (Å²) in [6.45, 7) is 5.69. The third-order valence-corrected chi connectivity index (χ3v) is 4.01. The quantitative estimate of drug-likeness (QED) is 0.859. The van der Waals surface area contributed by atoms with Gasteiger partial charge in [-0.25, -0.2) is 0 Å². The fraction of sp³-hybridized carbons (Fsp3) is 0.625. The molecule has 1 aliphatic rings. The van der Waals surface area contributed by atoms with E-state index in [1.54, 1.807) is 0 Å². The van der Waals surface area contributed by atoms with Crippen molar-refractivity contribution in [2.24, 2.45) is 0 Å². The van der Waals surface area contributed by atoms with Crippen molar-refractivity contribution in [1.29, 1.82) is 0 Å². The second kappa shape index (κ2) is 6.91. The lowest BCUT2D eigenvalue weighted by molar-refractivity contribution is 0.139. The second-order valence-electron chi connectivity index (χ2n) is 5.35. The molecule has 2 rings (SSSR count). The molecule has 1 atom stereocenters. The van der Waals surface area contributed by atoms with E-state index in [2.05, 4.69) is 48.5 Å². The molecule has 100 valence electrons. The molecule has 0 bridgehead atoms. The van der Waals surface area contributed by atoms with Crippen LogP contribution in [0.15, 0.2) is 24.3 Å². The molecular formula is C16H26N2. The minimum atomic E-state index is 0.717. The van der Waals surface area contributed by atoms with Crippen molar-refractivity contribution in [2.75, 3.05) is 20.1 Å². The molecule has 2 nitrogen and oxygen atoms in total. The predicted octanol–water partition coefficient (Wildman–Crippen LogP) is 2.82. The summed E-state index contributed by atoms with van der Waals surface area (Å²) in [5, 5.41) is 3.33. The van der Waals surface area contributed by atoms with Crippen LogP contribution < -0.4 is 5.32 Å². The predicted molar refractivity (Wildman–Crippen MR) is 77.8 cm³/mol. The van der Waals surface area contributed by atoms with Gasteiger partial charge in [0, 0.05) is 19.1 Å². The first-order valence-electron chi connectivity index (χ1n) is 7.30. The molecule has 1 N–H and O–H groups in total. The summed E-state index contributed by atoms with van der Waals surface area (Å²) in [6, 6.07) is 9.85. The van der Waals surface area contributed by atoms with Gasteiger partial charge in [0.05, 0.1) is 0 Å². The van der Waals surface area contributed by atoms with Crippen LogP contribution in [-0.4, -0.2) is 31.1 Å². The number of rotatable bonds is 5. The van der Waals surface area contributed by atoms with E-state index >= 15 is 0 Å². The van der Waals surface area contributed by atoms with Crippen LogP contribution in [0.4, 0.5) is 0 Å². The lowest BCUT2D eigenvalue weighted by Crippen LogP contribution is -2.44. The average molecular weight is 246 g/mol. The van der Waals surface area contributed by atoms with E-state index < -0.39 is 0 Å². The van der Waals surface area contributed by atoms with E-state index in [-0.39, 0.29) is 0 Å². The van der Waals surface area contributed by atoms with Gasteiger partial charge in [-0.3, -0.25) is 4.90 Å². The second-order valence-corrected chi connectivity index (χ2v) is 5.35. The van der Waals surface area contributed by atoms with Crippen LogP contribution in [0.3, 0.4) is 0 Å². The molecule has 0 saturated carbocycles. The molecule has 1 saturated heterocycles. The van der Waals surface area contributed by atoms with E-state index in [4.69, 9.17) is 0 Å². The largest absolute Gasteiger partial charge is 0.318 e. The highest BCUT2D eigenvalue weighted by molar-refractivity contribution is 5.22. The molecular weight excluding hydrogens is 220 g/mol. The molecule has 0 aromatic heterocycles. The van der Waals surface area contributed by atoms with E-state index in [0.717, 1.165) is 25.6 Å². The molecule has 0 amide bonds. The van der Waals surface area contributed by atoms with Gasteiger partial charge in [-0.1, -0.05) is 37.6 Å². The zero-order valence-electron chi connectivity index (χ0n) is 11.8. The lowest BCUT2D eigenvalue weighted by Gasteiger charge is -2.35. The molecule has 1 aromatic carbocycles. The normalized spacial score (nSPS) is 21.1. The van der Waals surface area contributed by atoms with Crippen LogP contribution >= 0.6 is 0 Å². The molecule has 0 radical (unpaired) electrons. The van der Waals surface area contributed by atoms with Gasteiger partial charge < -0.3 is 5.32 Å². The number of nitrogens with zero attached hydrogens (tertiary/aromatic N) is 1. The first-order valence-corrected chi connectivity index (χ1v) is 7.30. The summed E-state index contributed by atoms with van der Waals surface area (Å²) in [4.78, 5) is 2.64. The van der Waals surface area contributed by atoms with Crippen LogP contribution in [0.25, 0.3) is 0 Å². The minimum absolute atomic E-state index is 0.717. The van der Waals surface area contributed by atoms with Crippen LogP contribution in [-0.2, 0) is 13.0 Å². The number of likely N-dealkylation sites (N-methyl/N-ethyl adjacent to an activating group) is 1. The highest BCUT2D eigenvalue weighted by Crippen LogP contribution is 2.19. The highest BCUT2D eigenvalue weighted by Gasteiger charge is 2.21. The summed E-state index contributed by atoms with van der Waals surface area (Å²) in [5.74, 6) is 0. The van der Waals surface area contributed by atoms with Gasteiger partial charge in [0.15, 0.2) is 0 Å². The van der Waals surface area contributed by atoms with Crippen LogP contribution in [0.5, 0.6) is 0 Å². The molecule has 0 spiro atoms. The Bertz CT molecular complexity index is 343. The molecule has 1 fully saturated rings. The van der Waals surface area contributed by atoms with E-state index in [1.807, 2.05) is 0 Å². The lowest BCUT2D eigenvalue weighted by atomic mass is 10.0. The number of aryl methyl sites for hydroxylation is 1. The van der Waals surface area contributed by atoms with Crippen molar-refractivity contribution in [1.82, 2.24) is 10.2 Å². The Balaban J connectivity index is 1.96. The molecule has 1 aromatic rings. The fourth-order valence-corrected chi connectivity index (χ4v) is 2.85. The van der Waals surface area contributed by atoms with Gasteiger partial charge in [0.25, 0.3) is 0 Å². The van der Waals surface area contributed by atoms with Crippen molar-refractivity contribution < 1.29 is 0 Å². The van der Waals surface area contributed by atoms with Crippen molar-refractivity contribution in [3.63, 3.8) is 0 Å². The van der Waals surface area contributed by atoms with Gasteiger partial charge in [-0.05, 0) is 44.0 Å². The Labute approximate surface area is 111 Å². The first kappa shape index (κ1) is 13.6. The van der Waals surface area contributed by atoms with E-state index in [0.29, 0.717) is 0 Å². The summed E-state index contributed by atoms with van der Waals surface area (Å²) >= 11 is 0. The summed E-state index contributed by atoms with van der Waals surface area (Å²) in [5.41, 5.74) is 2.89. The van der Waals surface area contributed by atoms with Crippen LogP contribution in [0.1, 0.15) is 37.3 Å². The van der Waals surface area contributed by atoms with Gasteiger partial charge in [0.2, 0.25) is 0 Å². The zero-order chi connectivity index (χ0) is 12.8. The van der Waals surface area contributed by atoms with Crippen molar-refractivity contribution in [3.8, 4) is 0 Å². The molecule has 1 heterocycles. The number of nitrogens with one attached hydrogen (secondary N) is 1. The van der Waals surface area contributed by atoms with Gasteiger partial charge in [-0.2, -0.15) is 0 Å². The Hall–Kier alpha value is -0.860. The number of piperidine rings is 1. The fourth-order valence-electron chi connectivity index (χ4n) is 2.85. The van der Waals surface area contributed by atoms with Crippen LogP contribution in [0.2, 0.25) is 0 Å². The Morgan fingerprint density at radius 3 is 2.56 bits per heavy atom. The molecule has 1 unspecified atom stereocenters. The summed E-state index contributed by atoms with van der Waals surface area (Å²) in [6.07, 6.45) is 5.21. The number of hydrogen-bond donors (Lipinski definition) is 1. The minimum Gasteiger partial charge on any atom is -0.318 e. The molecule has 2 heteroatoms. The summed E-state index contributed by atoms with van der Waals surface area (Å²) in [7, 11) is 2.06. The molecule has 0 aliphatic carbocycles. The Morgan fingerprint density at radius 1 is 1.17 bits per heavy atom. The zero-order valence-corrected chi connectivity index (χ0v) is 11.8. The average Bonchev–Trinajstić information content (AvgIpc) is 2.42. The SMILES string of the molecule is CCc1ccc(CN2CCCCC2CNC)cc1. The maximum absolute atomic E-state index is 3.33. The monoisotopic (exact) mass is 246 g/mol. The first-order chi connectivity index (χ1) is 8.83. The standard InChI is InChI=1S/C16H26N2/c1-3-14-7-9-15(10-8-14)13-18-11-5-4-6-16(18)12-17-2/h7-10,16-17H,3-6,11-13H2,1-2H3. The van der Waals surface area contributed by atoms with Crippen molar-refractivity contribution in [3.05, 3.63) is 35.4 Å². The van der Waals surface area contributed by atoms with Crippen molar-refractivity contribution >= 4 is 0 Å². The van der Waals surface area contributed by atoms with Gasteiger partial charge in [-0.15, -0.1) is 0 Å². The van der Waals surface area contributed by atoms with E-state index in [1.165, 1.54) is 36.9 Å². The number of benzene rings is 1. The van der Waals surface area contributed by atoms with Gasteiger partial charge in [0.1, 0.15) is 0 Å². The Kier molecular flexibility index (Phi) is 5.21. The Morgan fingerprint density at radius 2 is 1.89 bits per heavy atom. The maximum atomic E-state index is 3.33. The smallest absolute Gasteiger partial charge is 0.0237 e. The van der Waals surface area contributed by atoms with Crippen molar-refractivity contribution in [2.45, 2.75) is 45.2 Å². The summed E-state index contributed by atoms with van der Waals surface area (Å²) < 4.78 is 0. The highest BCUT2D eigenvalue weighted by atomic mass is 15.2.